The van der Waals surface area contributed by atoms with Crippen LogP contribution in [0.2, 0.25) is 0 Å². The Balaban J connectivity index is 1.23. The number of hydrogen-bond acceptors (Lipinski definition) is 5. The highest BCUT2D eigenvalue weighted by Gasteiger charge is 2.43. The lowest BCUT2D eigenvalue weighted by molar-refractivity contribution is 0.257. The van der Waals surface area contributed by atoms with E-state index >= 15 is 0 Å². The standard InChI is InChI=1S/C22H27N5/c1-17(14-25-11-2-3-12-25)26-15-21-13-20(26)16-27(21)19-7-5-18(6-8-19)22-23-9-4-10-24-22/h4-10,20-21H,1-3,11-16H2. The van der Waals surface area contributed by atoms with E-state index in [1.165, 1.54) is 43.7 Å². The molecule has 5 rings (SSSR count). The molecule has 0 radical (unpaired) electrons. The average molecular weight is 361 g/mol. The summed E-state index contributed by atoms with van der Waals surface area (Å²) in [6.45, 7) is 10.2. The smallest absolute Gasteiger partial charge is 0.159 e. The number of likely N-dealkylation sites (tertiary alicyclic amines) is 2. The fourth-order valence-electron chi connectivity index (χ4n) is 4.91. The minimum absolute atomic E-state index is 0.601. The second-order valence-electron chi connectivity index (χ2n) is 8.02. The van der Waals surface area contributed by atoms with Crippen LogP contribution in [0.25, 0.3) is 11.4 Å². The number of piperazine rings is 1. The molecular formula is C22H27N5. The molecule has 27 heavy (non-hydrogen) atoms. The Morgan fingerprint density at radius 3 is 2.41 bits per heavy atom. The zero-order chi connectivity index (χ0) is 18.2. The molecule has 140 valence electrons. The lowest BCUT2D eigenvalue weighted by Crippen LogP contribution is -2.47. The van der Waals surface area contributed by atoms with E-state index in [1.807, 2.05) is 6.07 Å². The number of fused-ring (bicyclic) bond motifs is 2. The number of aromatic nitrogens is 2. The zero-order valence-corrected chi connectivity index (χ0v) is 15.8. The van der Waals surface area contributed by atoms with Crippen molar-refractivity contribution < 1.29 is 0 Å². The second kappa shape index (κ2) is 6.97. The molecule has 4 heterocycles. The van der Waals surface area contributed by atoms with E-state index in [9.17, 15) is 0 Å². The molecule has 3 fully saturated rings. The Kier molecular flexibility index (Phi) is 4.32. The number of rotatable bonds is 5. The lowest BCUT2D eigenvalue weighted by Gasteiger charge is -2.38. The van der Waals surface area contributed by atoms with Crippen molar-refractivity contribution in [3.05, 3.63) is 55.0 Å². The molecule has 3 aliphatic heterocycles. The summed E-state index contributed by atoms with van der Waals surface area (Å²) in [5.41, 5.74) is 3.71. The topological polar surface area (TPSA) is 35.5 Å². The van der Waals surface area contributed by atoms with Crippen LogP contribution in [0.1, 0.15) is 19.3 Å². The number of anilines is 1. The van der Waals surface area contributed by atoms with Crippen LogP contribution in [-0.2, 0) is 0 Å². The maximum Gasteiger partial charge on any atom is 0.159 e. The molecule has 0 amide bonds. The van der Waals surface area contributed by atoms with Crippen LogP contribution in [0.4, 0.5) is 5.69 Å². The first-order valence-corrected chi connectivity index (χ1v) is 10.1. The van der Waals surface area contributed by atoms with Gasteiger partial charge in [-0.25, -0.2) is 9.97 Å². The first kappa shape index (κ1) is 16.8. The van der Waals surface area contributed by atoms with Crippen molar-refractivity contribution in [3.63, 3.8) is 0 Å². The van der Waals surface area contributed by atoms with Crippen LogP contribution in [0.15, 0.2) is 55.0 Å². The van der Waals surface area contributed by atoms with E-state index in [1.54, 1.807) is 12.4 Å². The highest BCUT2D eigenvalue weighted by molar-refractivity contribution is 5.61. The number of benzene rings is 1. The Hall–Kier alpha value is -2.40. The zero-order valence-electron chi connectivity index (χ0n) is 15.8. The van der Waals surface area contributed by atoms with Gasteiger partial charge in [-0.3, -0.25) is 4.90 Å². The Labute approximate surface area is 161 Å². The van der Waals surface area contributed by atoms with Crippen molar-refractivity contribution in [1.29, 1.82) is 0 Å². The maximum atomic E-state index is 4.41. The van der Waals surface area contributed by atoms with Crippen LogP contribution in [0.5, 0.6) is 0 Å². The van der Waals surface area contributed by atoms with E-state index in [4.69, 9.17) is 0 Å². The molecule has 1 aromatic heterocycles. The predicted molar refractivity (Wildman–Crippen MR) is 109 cm³/mol. The summed E-state index contributed by atoms with van der Waals surface area (Å²) in [4.78, 5) is 16.4. The van der Waals surface area contributed by atoms with E-state index in [0.29, 0.717) is 12.1 Å². The van der Waals surface area contributed by atoms with E-state index in [-0.39, 0.29) is 0 Å². The second-order valence-corrected chi connectivity index (χ2v) is 8.02. The third kappa shape index (κ3) is 3.21. The summed E-state index contributed by atoms with van der Waals surface area (Å²) in [7, 11) is 0. The third-order valence-electron chi connectivity index (χ3n) is 6.27. The van der Waals surface area contributed by atoms with E-state index in [0.717, 1.165) is 31.0 Å². The quantitative estimate of drug-likeness (QED) is 0.818. The van der Waals surface area contributed by atoms with Gasteiger partial charge in [-0.05, 0) is 62.7 Å². The summed E-state index contributed by atoms with van der Waals surface area (Å²) in [5.74, 6) is 0.788. The molecular weight excluding hydrogens is 334 g/mol. The van der Waals surface area contributed by atoms with Gasteiger partial charge in [0.1, 0.15) is 0 Å². The van der Waals surface area contributed by atoms with Gasteiger partial charge < -0.3 is 9.80 Å². The van der Waals surface area contributed by atoms with Crippen molar-refractivity contribution in [2.24, 2.45) is 0 Å². The summed E-state index contributed by atoms with van der Waals surface area (Å²) in [5, 5.41) is 0. The molecule has 3 saturated heterocycles. The van der Waals surface area contributed by atoms with Crippen molar-refractivity contribution in [2.45, 2.75) is 31.3 Å². The van der Waals surface area contributed by atoms with Crippen LogP contribution >= 0.6 is 0 Å². The van der Waals surface area contributed by atoms with Gasteiger partial charge in [-0.2, -0.15) is 0 Å². The SMILES string of the molecule is C=C(CN1CCCC1)N1CC2CC1CN2c1ccc(-c2ncccn2)cc1. The van der Waals surface area contributed by atoms with Gasteiger partial charge in [0.15, 0.2) is 5.82 Å². The number of nitrogens with zero attached hydrogens (tertiary/aromatic N) is 5. The Bertz CT molecular complexity index is 797. The van der Waals surface area contributed by atoms with Crippen molar-refractivity contribution in [3.8, 4) is 11.4 Å². The first-order chi connectivity index (χ1) is 13.3. The fourth-order valence-corrected chi connectivity index (χ4v) is 4.91. The monoisotopic (exact) mass is 361 g/mol. The van der Waals surface area contributed by atoms with Gasteiger partial charge in [-0.15, -0.1) is 0 Å². The van der Waals surface area contributed by atoms with Crippen molar-refractivity contribution in [1.82, 2.24) is 19.8 Å². The highest BCUT2D eigenvalue weighted by atomic mass is 15.4. The normalized spacial score (nSPS) is 24.7. The maximum absolute atomic E-state index is 4.41. The molecule has 2 bridgehead atoms. The van der Waals surface area contributed by atoms with E-state index in [2.05, 4.69) is 55.5 Å². The van der Waals surface area contributed by atoms with Crippen LogP contribution in [0.3, 0.4) is 0 Å². The minimum Gasteiger partial charge on any atom is -0.367 e. The van der Waals surface area contributed by atoms with Crippen molar-refractivity contribution in [2.75, 3.05) is 37.6 Å². The molecule has 1 aromatic carbocycles. The summed E-state index contributed by atoms with van der Waals surface area (Å²) in [6, 6.07) is 11.8. The lowest BCUT2D eigenvalue weighted by atomic mass is 10.1. The first-order valence-electron chi connectivity index (χ1n) is 10.1. The summed E-state index contributed by atoms with van der Waals surface area (Å²) < 4.78 is 0. The Morgan fingerprint density at radius 1 is 1.00 bits per heavy atom. The molecule has 0 spiro atoms. The van der Waals surface area contributed by atoms with Gasteiger partial charge >= 0.3 is 0 Å². The van der Waals surface area contributed by atoms with Gasteiger partial charge in [0.25, 0.3) is 0 Å². The molecule has 3 aliphatic rings. The van der Waals surface area contributed by atoms with Crippen molar-refractivity contribution >= 4 is 5.69 Å². The van der Waals surface area contributed by atoms with Crippen LogP contribution in [-0.4, -0.2) is 64.6 Å². The molecule has 0 saturated carbocycles. The molecule has 2 atom stereocenters. The van der Waals surface area contributed by atoms with Crippen LogP contribution < -0.4 is 4.90 Å². The third-order valence-corrected chi connectivity index (χ3v) is 6.27. The van der Waals surface area contributed by atoms with Gasteiger partial charge in [0.2, 0.25) is 0 Å². The Morgan fingerprint density at radius 2 is 1.74 bits per heavy atom. The van der Waals surface area contributed by atoms with Gasteiger partial charge in [0.05, 0.1) is 0 Å². The van der Waals surface area contributed by atoms with E-state index < -0.39 is 0 Å². The van der Waals surface area contributed by atoms with Crippen LogP contribution in [0, 0.1) is 0 Å². The average Bonchev–Trinajstić information content (AvgIpc) is 3.46. The largest absolute Gasteiger partial charge is 0.367 e. The van der Waals surface area contributed by atoms with Gasteiger partial charge in [-0.1, -0.05) is 6.58 Å². The predicted octanol–water partition coefficient (Wildman–Crippen LogP) is 3.02. The molecule has 0 aliphatic carbocycles. The molecule has 0 N–H and O–H groups in total. The minimum atomic E-state index is 0.601. The summed E-state index contributed by atoms with van der Waals surface area (Å²) >= 11 is 0. The molecule has 2 unspecified atom stereocenters. The molecule has 5 heteroatoms. The highest BCUT2D eigenvalue weighted by Crippen LogP contribution is 2.37. The van der Waals surface area contributed by atoms with Gasteiger partial charge in [0, 0.05) is 61.1 Å². The number of hydrogen-bond donors (Lipinski definition) is 0. The molecule has 2 aromatic rings. The summed E-state index contributed by atoms with van der Waals surface area (Å²) in [6.07, 6.45) is 7.52. The molecule has 5 nitrogen and oxygen atoms in total. The fraction of sp³-hybridized carbons (Fsp3) is 0.455.